The highest BCUT2D eigenvalue weighted by Crippen LogP contribution is 1.94. The van der Waals surface area contributed by atoms with Crippen LogP contribution in [0, 0.1) is 0 Å². The minimum Gasteiger partial charge on any atom is -0.339 e. The molecule has 0 atom stereocenters. The summed E-state index contributed by atoms with van der Waals surface area (Å²) < 4.78 is 0. The second-order valence-electron chi connectivity index (χ2n) is 1.83. The number of H-pyrrole nitrogens is 2. The second kappa shape index (κ2) is 2.80. The van der Waals surface area contributed by atoms with Crippen molar-refractivity contribution in [1.82, 2.24) is 19.9 Å². The van der Waals surface area contributed by atoms with Crippen molar-refractivity contribution < 1.29 is 0 Å². The monoisotopic (exact) mass is 167 g/mol. The maximum atomic E-state index is 10.9. The van der Waals surface area contributed by atoms with Gasteiger partial charge >= 0.3 is 0 Å². The SMILES string of the molecule is O=c1[nH]cnc2nc[nH]c12.[P]. The molecule has 0 aliphatic heterocycles. The molecule has 0 aliphatic carbocycles. The highest BCUT2D eigenvalue weighted by molar-refractivity contribution is 6.92. The highest BCUT2D eigenvalue weighted by atomic mass is 31.0. The Labute approximate surface area is 64.9 Å². The molecule has 2 rings (SSSR count). The fraction of sp³-hybridized carbons (Fsp3) is 0. The molecule has 11 heavy (non-hydrogen) atoms. The first-order valence-electron chi connectivity index (χ1n) is 2.75. The summed E-state index contributed by atoms with van der Waals surface area (Å²) in [5.74, 6) is 0. The third kappa shape index (κ3) is 1.14. The first kappa shape index (κ1) is 7.88. The molecule has 0 amide bonds. The Morgan fingerprint density at radius 2 is 1.82 bits per heavy atom. The molecule has 3 radical (unpaired) electrons. The van der Waals surface area contributed by atoms with E-state index in [0.717, 1.165) is 0 Å². The molecule has 0 bridgehead atoms. The molecular formula is C5H4N4OP. The van der Waals surface area contributed by atoms with Gasteiger partial charge in [-0.05, 0) is 0 Å². The summed E-state index contributed by atoms with van der Waals surface area (Å²) in [7, 11) is 0. The molecule has 55 valence electrons. The van der Waals surface area contributed by atoms with Crippen LogP contribution in [-0.2, 0) is 0 Å². The molecule has 0 saturated carbocycles. The van der Waals surface area contributed by atoms with Crippen molar-refractivity contribution in [2.45, 2.75) is 0 Å². The molecule has 0 fully saturated rings. The lowest BCUT2D eigenvalue weighted by Crippen LogP contribution is -2.05. The van der Waals surface area contributed by atoms with E-state index in [1.165, 1.54) is 12.7 Å². The van der Waals surface area contributed by atoms with Gasteiger partial charge in [0.1, 0.15) is 0 Å². The number of fused-ring (bicyclic) bond motifs is 1. The van der Waals surface area contributed by atoms with Gasteiger partial charge in [0.15, 0.2) is 11.2 Å². The van der Waals surface area contributed by atoms with E-state index in [0.29, 0.717) is 11.2 Å². The third-order valence-electron chi connectivity index (χ3n) is 1.23. The van der Waals surface area contributed by atoms with Crippen molar-refractivity contribution >= 4 is 21.1 Å². The molecule has 6 heteroatoms. The molecule has 2 aromatic heterocycles. The fourth-order valence-corrected chi connectivity index (χ4v) is 0.776. The first-order valence-corrected chi connectivity index (χ1v) is 2.75. The van der Waals surface area contributed by atoms with Crippen LogP contribution in [0.4, 0.5) is 0 Å². The fourth-order valence-electron chi connectivity index (χ4n) is 0.776. The van der Waals surface area contributed by atoms with Crippen LogP contribution in [0.3, 0.4) is 0 Å². The summed E-state index contributed by atoms with van der Waals surface area (Å²) in [4.78, 5) is 23.6. The Balaban J connectivity index is 0.000000605. The Kier molecular flexibility index (Phi) is 2.01. The summed E-state index contributed by atoms with van der Waals surface area (Å²) in [5.41, 5.74) is 0.675. The molecule has 0 unspecified atom stereocenters. The van der Waals surface area contributed by atoms with Crippen LogP contribution in [0.15, 0.2) is 17.4 Å². The van der Waals surface area contributed by atoms with E-state index in [1.807, 2.05) is 0 Å². The number of hydrogen-bond acceptors (Lipinski definition) is 3. The Morgan fingerprint density at radius 1 is 1.18 bits per heavy atom. The van der Waals surface area contributed by atoms with Gasteiger partial charge in [0.05, 0.1) is 12.7 Å². The maximum absolute atomic E-state index is 10.9. The van der Waals surface area contributed by atoms with Crippen LogP contribution in [0.25, 0.3) is 11.2 Å². The molecule has 0 aliphatic rings. The van der Waals surface area contributed by atoms with Crippen LogP contribution >= 0.6 is 9.90 Å². The number of imidazole rings is 1. The van der Waals surface area contributed by atoms with Crippen LogP contribution in [0.1, 0.15) is 0 Å². The average molecular weight is 167 g/mol. The predicted octanol–water partition coefficient (Wildman–Crippen LogP) is 0.507. The lowest BCUT2D eigenvalue weighted by Gasteiger charge is -1.81. The summed E-state index contributed by atoms with van der Waals surface area (Å²) >= 11 is 0. The zero-order valence-corrected chi connectivity index (χ0v) is 6.30. The standard InChI is InChI=1S/C5H4N4O.P/c10-5-3-4(7-1-6-3)8-2-9-5;/h1-2H,(H2,6,7,8,9,10);. The summed E-state index contributed by atoms with van der Waals surface area (Å²) in [6, 6.07) is 0. The van der Waals surface area contributed by atoms with Crippen molar-refractivity contribution in [2.24, 2.45) is 0 Å². The van der Waals surface area contributed by atoms with Gasteiger partial charge < -0.3 is 9.97 Å². The van der Waals surface area contributed by atoms with Crippen molar-refractivity contribution in [1.29, 1.82) is 0 Å². The average Bonchev–Trinajstić information content (AvgIpc) is 2.36. The second-order valence-corrected chi connectivity index (χ2v) is 1.83. The van der Waals surface area contributed by atoms with Gasteiger partial charge in [-0.25, -0.2) is 9.97 Å². The minimum absolute atomic E-state index is 0. The highest BCUT2D eigenvalue weighted by Gasteiger charge is 1.97. The first-order chi connectivity index (χ1) is 4.88. The molecule has 2 heterocycles. The predicted molar refractivity (Wildman–Crippen MR) is 41.4 cm³/mol. The third-order valence-corrected chi connectivity index (χ3v) is 1.23. The van der Waals surface area contributed by atoms with E-state index in [-0.39, 0.29) is 15.5 Å². The van der Waals surface area contributed by atoms with Crippen LogP contribution in [0.2, 0.25) is 0 Å². The van der Waals surface area contributed by atoms with Crippen LogP contribution in [-0.4, -0.2) is 19.9 Å². The number of aromatic nitrogens is 4. The molecule has 2 aromatic rings. The van der Waals surface area contributed by atoms with Gasteiger partial charge in [0, 0.05) is 9.90 Å². The van der Waals surface area contributed by atoms with E-state index in [2.05, 4.69) is 19.9 Å². The number of nitrogens with one attached hydrogen (secondary N) is 2. The van der Waals surface area contributed by atoms with Gasteiger partial charge in [-0.15, -0.1) is 0 Å². The minimum atomic E-state index is -0.192. The van der Waals surface area contributed by atoms with Gasteiger partial charge in [0.25, 0.3) is 5.56 Å². The number of hydrogen-bond donors (Lipinski definition) is 2. The van der Waals surface area contributed by atoms with Crippen LogP contribution < -0.4 is 5.56 Å². The van der Waals surface area contributed by atoms with Gasteiger partial charge in [-0.3, -0.25) is 4.79 Å². The quantitative estimate of drug-likeness (QED) is 0.561. The molecule has 0 saturated heterocycles. The zero-order valence-electron chi connectivity index (χ0n) is 5.40. The lowest BCUT2D eigenvalue weighted by atomic mass is 10.6. The summed E-state index contributed by atoms with van der Waals surface area (Å²) in [5, 5.41) is 0. The van der Waals surface area contributed by atoms with Gasteiger partial charge in [-0.1, -0.05) is 0 Å². The molecule has 5 nitrogen and oxygen atoms in total. The zero-order chi connectivity index (χ0) is 6.97. The van der Waals surface area contributed by atoms with Crippen molar-refractivity contribution in [2.75, 3.05) is 0 Å². The smallest absolute Gasteiger partial charge is 0.276 e. The Bertz CT molecular complexity index is 406. The molecular weight excluding hydrogens is 163 g/mol. The van der Waals surface area contributed by atoms with E-state index < -0.39 is 0 Å². The molecule has 0 aromatic carbocycles. The van der Waals surface area contributed by atoms with Crippen molar-refractivity contribution in [3.05, 3.63) is 23.0 Å². The number of rotatable bonds is 0. The Morgan fingerprint density at radius 3 is 2.45 bits per heavy atom. The van der Waals surface area contributed by atoms with E-state index in [4.69, 9.17) is 0 Å². The lowest BCUT2D eigenvalue weighted by molar-refractivity contribution is 1.15. The van der Waals surface area contributed by atoms with Crippen LogP contribution in [0.5, 0.6) is 0 Å². The molecule has 2 N–H and O–H groups in total. The van der Waals surface area contributed by atoms with E-state index in [1.54, 1.807) is 0 Å². The summed E-state index contributed by atoms with van der Waals surface area (Å²) in [6.07, 6.45) is 2.76. The van der Waals surface area contributed by atoms with Gasteiger partial charge in [-0.2, -0.15) is 0 Å². The number of nitrogens with zero attached hydrogens (tertiary/aromatic N) is 2. The topological polar surface area (TPSA) is 74.4 Å². The largest absolute Gasteiger partial charge is 0.339 e. The molecule has 0 spiro atoms. The van der Waals surface area contributed by atoms with E-state index >= 15 is 0 Å². The van der Waals surface area contributed by atoms with E-state index in [9.17, 15) is 4.79 Å². The Hall–Kier alpha value is -1.22. The summed E-state index contributed by atoms with van der Waals surface area (Å²) in [6.45, 7) is 0. The maximum Gasteiger partial charge on any atom is 0.276 e. The van der Waals surface area contributed by atoms with Gasteiger partial charge in [0.2, 0.25) is 0 Å². The van der Waals surface area contributed by atoms with Crippen molar-refractivity contribution in [3.63, 3.8) is 0 Å². The normalized spacial score (nSPS) is 9.45. The van der Waals surface area contributed by atoms with Crippen molar-refractivity contribution in [3.8, 4) is 0 Å². The number of aromatic amines is 2.